The van der Waals surface area contributed by atoms with E-state index in [1.54, 1.807) is 6.07 Å². The van der Waals surface area contributed by atoms with Crippen molar-refractivity contribution in [3.05, 3.63) is 35.6 Å². The predicted molar refractivity (Wildman–Crippen MR) is 75.3 cm³/mol. The zero-order valence-corrected chi connectivity index (χ0v) is 11.6. The molecule has 1 aliphatic rings. The van der Waals surface area contributed by atoms with Crippen molar-refractivity contribution < 1.29 is 9.13 Å². The number of benzene rings is 1. The van der Waals surface area contributed by atoms with E-state index in [1.165, 1.54) is 44.2 Å². The van der Waals surface area contributed by atoms with E-state index in [2.05, 4.69) is 0 Å². The summed E-state index contributed by atoms with van der Waals surface area (Å²) in [4.78, 5) is 0. The number of rotatable bonds is 5. The fraction of sp³-hybridized carbons (Fsp3) is 0.625. The number of ether oxygens (including phenoxy) is 1. The lowest BCUT2D eigenvalue weighted by Gasteiger charge is -2.27. The Morgan fingerprint density at radius 1 is 1.32 bits per heavy atom. The highest BCUT2D eigenvalue weighted by Crippen LogP contribution is 2.27. The summed E-state index contributed by atoms with van der Waals surface area (Å²) < 4.78 is 19.3. The average molecular weight is 265 g/mol. The molecule has 1 aromatic carbocycles. The molecule has 0 spiro atoms. The Hall–Kier alpha value is -0.930. The number of nitrogens with two attached hydrogens (primary N) is 1. The summed E-state index contributed by atoms with van der Waals surface area (Å²) in [5.41, 5.74) is 6.83. The topological polar surface area (TPSA) is 35.2 Å². The van der Waals surface area contributed by atoms with Gasteiger partial charge in [0.1, 0.15) is 5.82 Å². The van der Waals surface area contributed by atoms with E-state index in [4.69, 9.17) is 10.5 Å². The summed E-state index contributed by atoms with van der Waals surface area (Å²) in [6.45, 7) is 2.65. The van der Waals surface area contributed by atoms with Crippen LogP contribution in [-0.4, -0.2) is 12.6 Å². The fourth-order valence-corrected chi connectivity index (χ4v) is 2.83. The van der Waals surface area contributed by atoms with Crippen molar-refractivity contribution in [3.63, 3.8) is 0 Å². The maximum Gasteiger partial charge on any atom is 0.123 e. The molecule has 106 valence electrons. The van der Waals surface area contributed by atoms with Crippen LogP contribution in [0.4, 0.5) is 4.39 Å². The standard InChI is InChI=1S/C16H24FNO/c1-12(18)16(14-8-5-9-15(17)10-14)19-11-13-6-3-2-4-7-13/h5,8-10,12-13,16H,2-4,6-7,11,18H2,1H3. The van der Waals surface area contributed by atoms with Crippen LogP contribution >= 0.6 is 0 Å². The second-order valence-electron chi connectivity index (χ2n) is 5.67. The van der Waals surface area contributed by atoms with Gasteiger partial charge in [-0.15, -0.1) is 0 Å². The quantitative estimate of drug-likeness (QED) is 0.878. The van der Waals surface area contributed by atoms with Crippen LogP contribution in [0, 0.1) is 11.7 Å². The molecule has 2 unspecified atom stereocenters. The second-order valence-corrected chi connectivity index (χ2v) is 5.67. The van der Waals surface area contributed by atoms with E-state index in [0.29, 0.717) is 5.92 Å². The maximum absolute atomic E-state index is 13.3. The lowest BCUT2D eigenvalue weighted by molar-refractivity contribution is 0.00808. The molecule has 1 fully saturated rings. The van der Waals surface area contributed by atoms with Gasteiger partial charge >= 0.3 is 0 Å². The molecule has 0 radical (unpaired) electrons. The van der Waals surface area contributed by atoms with Gasteiger partial charge in [-0.3, -0.25) is 0 Å². The molecule has 0 bridgehead atoms. The van der Waals surface area contributed by atoms with Crippen molar-refractivity contribution in [1.29, 1.82) is 0 Å². The molecule has 0 saturated heterocycles. The largest absolute Gasteiger partial charge is 0.372 e. The van der Waals surface area contributed by atoms with Gasteiger partial charge in [-0.2, -0.15) is 0 Å². The van der Waals surface area contributed by atoms with Crippen molar-refractivity contribution >= 4 is 0 Å². The number of halogens is 1. The Labute approximate surface area is 115 Å². The fourth-order valence-electron chi connectivity index (χ4n) is 2.83. The van der Waals surface area contributed by atoms with Crippen molar-refractivity contribution in [3.8, 4) is 0 Å². The van der Waals surface area contributed by atoms with Gasteiger partial charge in [0.25, 0.3) is 0 Å². The number of hydrogen-bond donors (Lipinski definition) is 1. The monoisotopic (exact) mass is 265 g/mol. The molecule has 0 heterocycles. The molecule has 1 aromatic rings. The lowest BCUT2D eigenvalue weighted by atomic mass is 9.90. The predicted octanol–water partition coefficient (Wildman–Crippen LogP) is 3.81. The third-order valence-corrected chi connectivity index (χ3v) is 3.89. The van der Waals surface area contributed by atoms with Gasteiger partial charge in [-0.1, -0.05) is 31.4 Å². The Bertz CT molecular complexity index is 388. The van der Waals surface area contributed by atoms with E-state index in [9.17, 15) is 4.39 Å². The molecule has 1 aliphatic carbocycles. The highest BCUT2D eigenvalue weighted by Gasteiger charge is 2.20. The zero-order chi connectivity index (χ0) is 13.7. The van der Waals surface area contributed by atoms with E-state index in [1.807, 2.05) is 13.0 Å². The third kappa shape index (κ3) is 4.29. The van der Waals surface area contributed by atoms with Crippen molar-refractivity contribution in [1.82, 2.24) is 0 Å². The van der Waals surface area contributed by atoms with Gasteiger partial charge in [-0.05, 0) is 43.4 Å². The summed E-state index contributed by atoms with van der Waals surface area (Å²) in [6.07, 6.45) is 6.23. The first-order chi connectivity index (χ1) is 9.16. The molecule has 2 nitrogen and oxygen atoms in total. The van der Waals surface area contributed by atoms with Gasteiger partial charge < -0.3 is 10.5 Å². The Morgan fingerprint density at radius 2 is 2.05 bits per heavy atom. The van der Waals surface area contributed by atoms with E-state index < -0.39 is 0 Å². The minimum Gasteiger partial charge on any atom is -0.372 e. The average Bonchev–Trinajstić information content (AvgIpc) is 2.40. The molecule has 0 aliphatic heterocycles. The molecule has 0 amide bonds. The normalized spacial score (nSPS) is 20.2. The van der Waals surface area contributed by atoms with Crippen LogP contribution in [-0.2, 0) is 4.74 Å². The first kappa shape index (κ1) is 14.5. The van der Waals surface area contributed by atoms with Crippen molar-refractivity contribution in [2.45, 2.75) is 51.2 Å². The molecular weight excluding hydrogens is 241 g/mol. The highest BCUT2D eigenvalue weighted by atomic mass is 19.1. The highest BCUT2D eigenvalue weighted by molar-refractivity contribution is 5.20. The molecule has 2 N–H and O–H groups in total. The minimum absolute atomic E-state index is 0.134. The number of hydrogen-bond acceptors (Lipinski definition) is 2. The van der Waals surface area contributed by atoms with Crippen molar-refractivity contribution in [2.75, 3.05) is 6.61 Å². The maximum atomic E-state index is 13.3. The molecule has 2 rings (SSSR count). The van der Waals surface area contributed by atoms with E-state index in [0.717, 1.165) is 12.2 Å². The molecule has 3 heteroatoms. The van der Waals surface area contributed by atoms with Crippen LogP contribution in [0.3, 0.4) is 0 Å². The Morgan fingerprint density at radius 3 is 2.68 bits per heavy atom. The molecular formula is C16H24FNO. The van der Waals surface area contributed by atoms with Crippen LogP contribution in [0.5, 0.6) is 0 Å². The van der Waals surface area contributed by atoms with Crippen LogP contribution in [0.25, 0.3) is 0 Å². The summed E-state index contributed by atoms with van der Waals surface area (Å²) in [6, 6.07) is 6.44. The second kappa shape index (κ2) is 7.01. The van der Waals surface area contributed by atoms with E-state index >= 15 is 0 Å². The molecule has 2 atom stereocenters. The smallest absolute Gasteiger partial charge is 0.123 e. The van der Waals surface area contributed by atoms with E-state index in [-0.39, 0.29) is 18.0 Å². The summed E-state index contributed by atoms with van der Waals surface area (Å²) in [5.74, 6) is 0.410. The van der Waals surface area contributed by atoms with Gasteiger partial charge in [0, 0.05) is 6.04 Å². The molecule has 1 saturated carbocycles. The van der Waals surface area contributed by atoms with Gasteiger partial charge in [0.2, 0.25) is 0 Å². The van der Waals surface area contributed by atoms with Gasteiger partial charge in [-0.25, -0.2) is 4.39 Å². The zero-order valence-electron chi connectivity index (χ0n) is 11.6. The first-order valence-corrected chi connectivity index (χ1v) is 7.29. The van der Waals surface area contributed by atoms with Gasteiger partial charge in [0.15, 0.2) is 0 Å². The summed E-state index contributed by atoms with van der Waals surface area (Å²) in [7, 11) is 0. The minimum atomic E-state index is -0.232. The molecule has 19 heavy (non-hydrogen) atoms. The van der Waals surface area contributed by atoms with Crippen molar-refractivity contribution in [2.24, 2.45) is 11.7 Å². The third-order valence-electron chi connectivity index (χ3n) is 3.89. The van der Waals surface area contributed by atoms with Crippen LogP contribution in [0.15, 0.2) is 24.3 Å². The van der Waals surface area contributed by atoms with Crippen LogP contribution in [0.1, 0.15) is 50.7 Å². The lowest BCUT2D eigenvalue weighted by Crippen LogP contribution is -2.29. The summed E-state index contributed by atoms with van der Waals surface area (Å²) in [5, 5.41) is 0. The first-order valence-electron chi connectivity index (χ1n) is 7.29. The molecule has 0 aromatic heterocycles. The van der Waals surface area contributed by atoms with Gasteiger partial charge in [0.05, 0.1) is 12.7 Å². The van der Waals surface area contributed by atoms with Crippen LogP contribution in [0.2, 0.25) is 0 Å². The van der Waals surface area contributed by atoms with Crippen LogP contribution < -0.4 is 5.73 Å². The summed E-state index contributed by atoms with van der Waals surface area (Å²) >= 11 is 0. The Kier molecular flexibility index (Phi) is 5.34. The Balaban J connectivity index is 1.96. The SMILES string of the molecule is CC(N)C(OCC1CCCCC1)c1cccc(F)c1.